The fourth-order valence-corrected chi connectivity index (χ4v) is 5.22. The summed E-state index contributed by atoms with van der Waals surface area (Å²) in [5.74, 6) is -0.469. The first kappa shape index (κ1) is 16.2. The first-order valence-electron chi connectivity index (χ1n) is 9.03. The SMILES string of the molecule is O=C(CN1C(=O)C2C3C=CC(C4CC34)C2C1=O)Nc1cccc([N+](=O)[O-])c1. The van der Waals surface area contributed by atoms with Crippen molar-refractivity contribution < 1.29 is 19.3 Å². The van der Waals surface area contributed by atoms with Gasteiger partial charge >= 0.3 is 0 Å². The van der Waals surface area contributed by atoms with E-state index in [1.165, 1.54) is 24.3 Å². The minimum Gasteiger partial charge on any atom is -0.324 e. The van der Waals surface area contributed by atoms with E-state index >= 15 is 0 Å². The smallest absolute Gasteiger partial charge is 0.271 e. The molecule has 1 aliphatic heterocycles. The molecule has 6 unspecified atom stereocenters. The zero-order valence-electron chi connectivity index (χ0n) is 14.3. The Balaban J connectivity index is 1.31. The second-order valence-corrected chi connectivity index (χ2v) is 7.77. The molecule has 5 aliphatic rings. The van der Waals surface area contributed by atoms with Gasteiger partial charge in [-0.2, -0.15) is 0 Å². The fourth-order valence-electron chi connectivity index (χ4n) is 5.22. The number of nitrogens with one attached hydrogen (secondary N) is 1. The molecule has 1 N–H and O–H groups in total. The molecule has 27 heavy (non-hydrogen) atoms. The standard InChI is InChI=1S/C19H17N3O5/c23-15(20-9-2-1-3-10(6-9)22(26)27)8-21-18(24)16-11-4-5-12(14-7-13(11)14)17(16)19(21)25/h1-6,11-14,16-17H,7-8H2,(H,20,23). The molecule has 2 bridgehead atoms. The third-order valence-electron chi connectivity index (χ3n) is 6.40. The molecule has 6 atom stereocenters. The van der Waals surface area contributed by atoms with Crippen LogP contribution in [0.15, 0.2) is 36.4 Å². The van der Waals surface area contributed by atoms with E-state index in [1.807, 2.05) is 0 Å². The van der Waals surface area contributed by atoms with E-state index in [-0.39, 0.29) is 53.4 Å². The molecule has 0 spiro atoms. The summed E-state index contributed by atoms with van der Waals surface area (Å²) >= 11 is 0. The van der Waals surface area contributed by atoms with Crippen LogP contribution in [0.2, 0.25) is 0 Å². The third kappa shape index (κ3) is 2.32. The van der Waals surface area contributed by atoms with Crippen LogP contribution in [0.25, 0.3) is 0 Å². The summed E-state index contributed by atoms with van der Waals surface area (Å²) in [6.45, 7) is -0.359. The summed E-state index contributed by atoms with van der Waals surface area (Å²) in [5.41, 5.74) is 0.114. The van der Waals surface area contributed by atoms with Crippen molar-refractivity contribution in [3.05, 3.63) is 46.5 Å². The van der Waals surface area contributed by atoms with Gasteiger partial charge in [-0.25, -0.2) is 0 Å². The van der Waals surface area contributed by atoms with Gasteiger partial charge in [-0.1, -0.05) is 18.2 Å². The summed E-state index contributed by atoms with van der Waals surface area (Å²) in [6, 6.07) is 5.55. The van der Waals surface area contributed by atoms with Gasteiger partial charge in [-0.15, -0.1) is 0 Å². The van der Waals surface area contributed by atoms with Crippen LogP contribution >= 0.6 is 0 Å². The lowest BCUT2D eigenvalue weighted by atomic mass is 9.63. The topological polar surface area (TPSA) is 110 Å². The van der Waals surface area contributed by atoms with Crippen LogP contribution in [0.1, 0.15) is 6.42 Å². The van der Waals surface area contributed by atoms with E-state index in [0.29, 0.717) is 11.8 Å². The average Bonchev–Trinajstić information content (AvgIpc) is 3.43. The average molecular weight is 367 g/mol. The third-order valence-corrected chi connectivity index (χ3v) is 6.40. The van der Waals surface area contributed by atoms with Crippen molar-refractivity contribution in [2.75, 3.05) is 11.9 Å². The van der Waals surface area contributed by atoms with Crippen molar-refractivity contribution in [2.45, 2.75) is 6.42 Å². The van der Waals surface area contributed by atoms with Crippen molar-refractivity contribution in [1.29, 1.82) is 0 Å². The molecule has 1 aromatic carbocycles. The highest BCUT2D eigenvalue weighted by Crippen LogP contribution is 2.65. The highest BCUT2D eigenvalue weighted by Gasteiger charge is 2.67. The van der Waals surface area contributed by atoms with E-state index in [2.05, 4.69) is 17.5 Å². The van der Waals surface area contributed by atoms with E-state index in [0.717, 1.165) is 11.3 Å². The molecule has 0 radical (unpaired) electrons. The number of amides is 3. The molecular formula is C19H17N3O5. The number of benzene rings is 1. The highest BCUT2D eigenvalue weighted by molar-refractivity contribution is 6.09. The van der Waals surface area contributed by atoms with Crippen molar-refractivity contribution in [3.8, 4) is 0 Å². The molecule has 3 amide bonds. The molecule has 1 aromatic rings. The van der Waals surface area contributed by atoms with Crippen molar-refractivity contribution in [1.82, 2.24) is 4.90 Å². The van der Waals surface area contributed by atoms with Gasteiger partial charge in [-0.05, 0) is 36.2 Å². The number of non-ortho nitro benzene ring substituents is 1. The number of imide groups is 1. The number of carbonyl (C=O) groups excluding carboxylic acids is 3. The van der Waals surface area contributed by atoms with Gasteiger partial charge in [0.1, 0.15) is 6.54 Å². The summed E-state index contributed by atoms with van der Waals surface area (Å²) in [7, 11) is 0. The molecular weight excluding hydrogens is 350 g/mol. The second-order valence-electron chi connectivity index (χ2n) is 7.77. The van der Waals surface area contributed by atoms with Gasteiger partial charge in [0.15, 0.2) is 0 Å². The lowest BCUT2D eigenvalue weighted by Gasteiger charge is -2.37. The first-order chi connectivity index (χ1) is 13.0. The number of carbonyl (C=O) groups is 3. The number of hydrogen-bond donors (Lipinski definition) is 1. The Hall–Kier alpha value is -3.03. The van der Waals surface area contributed by atoms with E-state index in [9.17, 15) is 24.5 Å². The highest BCUT2D eigenvalue weighted by atomic mass is 16.6. The number of nitro benzene ring substituents is 1. The van der Waals surface area contributed by atoms with Gasteiger partial charge in [0.2, 0.25) is 17.7 Å². The van der Waals surface area contributed by atoms with Gasteiger partial charge < -0.3 is 5.32 Å². The summed E-state index contributed by atoms with van der Waals surface area (Å²) < 4.78 is 0. The van der Waals surface area contributed by atoms with Crippen LogP contribution in [0.4, 0.5) is 11.4 Å². The Morgan fingerprint density at radius 3 is 2.37 bits per heavy atom. The van der Waals surface area contributed by atoms with Crippen molar-refractivity contribution in [3.63, 3.8) is 0 Å². The number of nitrogens with zero attached hydrogens (tertiary/aromatic N) is 2. The van der Waals surface area contributed by atoms with Gasteiger partial charge in [-0.3, -0.25) is 29.4 Å². The zero-order valence-corrected chi connectivity index (χ0v) is 14.3. The lowest BCUT2D eigenvalue weighted by Crippen LogP contribution is -2.40. The Labute approximate surface area is 154 Å². The van der Waals surface area contributed by atoms with Crippen molar-refractivity contribution >= 4 is 29.1 Å². The van der Waals surface area contributed by atoms with Crippen molar-refractivity contribution in [2.24, 2.45) is 35.5 Å². The maximum Gasteiger partial charge on any atom is 0.271 e. The summed E-state index contributed by atoms with van der Waals surface area (Å²) in [4.78, 5) is 49.4. The Bertz CT molecular complexity index is 890. The van der Waals surface area contributed by atoms with E-state index < -0.39 is 10.8 Å². The molecule has 3 fully saturated rings. The maximum atomic E-state index is 12.8. The Morgan fingerprint density at radius 1 is 1.15 bits per heavy atom. The molecule has 4 aliphatic carbocycles. The molecule has 8 nitrogen and oxygen atoms in total. The zero-order chi connectivity index (χ0) is 18.9. The van der Waals surface area contributed by atoms with Crippen LogP contribution in [0.5, 0.6) is 0 Å². The van der Waals surface area contributed by atoms with Crippen LogP contribution in [0.3, 0.4) is 0 Å². The normalized spacial score (nSPS) is 35.0. The summed E-state index contributed by atoms with van der Waals surface area (Å²) in [6.07, 6.45) is 5.25. The molecule has 2 saturated carbocycles. The summed E-state index contributed by atoms with van der Waals surface area (Å²) in [5, 5.41) is 13.4. The minimum absolute atomic E-state index is 0.117. The van der Waals surface area contributed by atoms with Crippen LogP contribution < -0.4 is 5.32 Å². The predicted octanol–water partition coefficient (Wildman–Crippen LogP) is 1.59. The fraction of sp³-hybridized carbons (Fsp3) is 0.421. The molecule has 138 valence electrons. The monoisotopic (exact) mass is 367 g/mol. The quantitative estimate of drug-likeness (QED) is 0.376. The van der Waals surface area contributed by atoms with Crippen LogP contribution in [-0.2, 0) is 14.4 Å². The van der Waals surface area contributed by atoms with Crippen LogP contribution in [-0.4, -0.2) is 34.1 Å². The molecule has 8 heteroatoms. The van der Waals surface area contributed by atoms with E-state index in [1.54, 1.807) is 0 Å². The van der Waals surface area contributed by atoms with E-state index in [4.69, 9.17) is 0 Å². The number of allylic oxidation sites excluding steroid dienone is 2. The Kier molecular flexibility index (Phi) is 3.28. The lowest BCUT2D eigenvalue weighted by molar-refractivity contribution is -0.384. The second kappa shape index (κ2) is 5.48. The first-order valence-corrected chi connectivity index (χ1v) is 9.03. The number of anilines is 1. The molecule has 1 heterocycles. The maximum absolute atomic E-state index is 12.8. The minimum atomic E-state index is -0.554. The number of rotatable bonds is 4. The van der Waals surface area contributed by atoms with Crippen LogP contribution in [0, 0.1) is 45.6 Å². The van der Waals surface area contributed by atoms with Gasteiger partial charge in [0.05, 0.1) is 16.8 Å². The Morgan fingerprint density at radius 2 is 1.78 bits per heavy atom. The number of likely N-dealkylation sites (tertiary alicyclic amines) is 1. The van der Waals surface area contributed by atoms with Gasteiger partial charge in [0.25, 0.3) is 5.69 Å². The molecule has 0 aromatic heterocycles. The number of hydrogen-bond acceptors (Lipinski definition) is 5. The predicted molar refractivity (Wildman–Crippen MR) is 93.1 cm³/mol. The largest absolute Gasteiger partial charge is 0.324 e. The molecule has 6 rings (SSSR count). The molecule has 1 saturated heterocycles. The number of nitro groups is 1. The van der Waals surface area contributed by atoms with Gasteiger partial charge in [0, 0.05) is 17.8 Å².